The number of nitrogens with zero attached hydrogens (tertiary/aromatic N) is 2. The van der Waals surface area contributed by atoms with Crippen LogP contribution in [0.1, 0.15) is 45.2 Å². The van der Waals surface area contributed by atoms with Crippen molar-refractivity contribution in [3.05, 3.63) is 82.7 Å². The minimum Gasteiger partial charge on any atom is -0.324 e. The maximum Gasteiger partial charge on any atom is 0.227 e. The Morgan fingerprint density at radius 2 is 1.65 bits per heavy atom. The maximum absolute atomic E-state index is 12.7. The fourth-order valence-electron chi connectivity index (χ4n) is 3.55. The van der Waals surface area contributed by atoms with Crippen molar-refractivity contribution in [3.63, 3.8) is 0 Å². The summed E-state index contributed by atoms with van der Waals surface area (Å²) in [5.41, 5.74) is 5.65. The molecule has 1 N–H and O–H groups in total. The van der Waals surface area contributed by atoms with Gasteiger partial charge < -0.3 is 5.32 Å². The van der Waals surface area contributed by atoms with E-state index in [1.807, 2.05) is 37.3 Å². The largest absolute Gasteiger partial charge is 0.324 e. The third-order valence-corrected chi connectivity index (χ3v) is 4.89. The molecular weight excluding hydrogens is 322 g/mol. The number of benzene rings is 2. The molecular formula is C22H21N3O. The molecule has 0 radical (unpaired) electrons. The predicted octanol–water partition coefficient (Wildman–Crippen LogP) is 4.75. The zero-order chi connectivity index (χ0) is 18.1. The van der Waals surface area contributed by atoms with E-state index < -0.39 is 0 Å². The van der Waals surface area contributed by atoms with Crippen molar-refractivity contribution in [1.29, 1.82) is 0 Å². The van der Waals surface area contributed by atoms with Crippen molar-refractivity contribution < 1.29 is 4.79 Å². The zero-order valence-corrected chi connectivity index (χ0v) is 15.0. The molecule has 0 amide bonds. The molecule has 0 bridgehead atoms. The first-order valence-electron chi connectivity index (χ1n) is 8.89. The van der Waals surface area contributed by atoms with Gasteiger partial charge in [-0.25, -0.2) is 9.97 Å². The summed E-state index contributed by atoms with van der Waals surface area (Å²) < 4.78 is 0. The summed E-state index contributed by atoms with van der Waals surface area (Å²) in [7, 11) is 0. The fourth-order valence-corrected chi connectivity index (χ4v) is 3.55. The van der Waals surface area contributed by atoms with Gasteiger partial charge in [-0.1, -0.05) is 48.0 Å². The molecule has 0 saturated heterocycles. The first-order chi connectivity index (χ1) is 12.6. The monoisotopic (exact) mass is 343 g/mol. The second-order valence-electron chi connectivity index (χ2n) is 6.88. The van der Waals surface area contributed by atoms with Gasteiger partial charge in [0.25, 0.3) is 0 Å². The van der Waals surface area contributed by atoms with Crippen molar-refractivity contribution in [2.45, 2.75) is 32.6 Å². The minimum absolute atomic E-state index is 0.139. The van der Waals surface area contributed by atoms with Gasteiger partial charge in [0.05, 0.1) is 17.0 Å². The van der Waals surface area contributed by atoms with Gasteiger partial charge in [0.2, 0.25) is 5.95 Å². The van der Waals surface area contributed by atoms with Gasteiger partial charge in [0, 0.05) is 12.1 Å². The summed E-state index contributed by atoms with van der Waals surface area (Å²) in [6.45, 7) is 3.96. The molecule has 0 saturated carbocycles. The molecule has 0 spiro atoms. The van der Waals surface area contributed by atoms with Crippen molar-refractivity contribution in [3.8, 4) is 0 Å². The molecule has 1 atom stereocenters. The number of hydrogen-bond donors (Lipinski definition) is 1. The van der Waals surface area contributed by atoms with E-state index in [1.54, 1.807) is 0 Å². The highest BCUT2D eigenvalue weighted by atomic mass is 16.1. The minimum atomic E-state index is 0.139. The molecule has 1 aliphatic carbocycles. The Morgan fingerprint density at radius 1 is 0.923 bits per heavy atom. The summed E-state index contributed by atoms with van der Waals surface area (Å²) in [4.78, 5) is 21.9. The van der Waals surface area contributed by atoms with Crippen LogP contribution in [0.2, 0.25) is 0 Å². The predicted molar refractivity (Wildman–Crippen MR) is 103 cm³/mol. The molecule has 1 aromatic heterocycles. The average molecular weight is 343 g/mol. The van der Waals surface area contributed by atoms with Crippen LogP contribution in [0.15, 0.2) is 54.6 Å². The number of aromatic nitrogens is 2. The van der Waals surface area contributed by atoms with Crippen LogP contribution in [0.5, 0.6) is 0 Å². The summed E-state index contributed by atoms with van der Waals surface area (Å²) in [6, 6.07) is 18.3. The lowest BCUT2D eigenvalue weighted by Gasteiger charge is -2.24. The Bertz CT molecular complexity index is 949. The normalized spacial score (nSPS) is 16.2. The number of rotatable bonds is 3. The summed E-state index contributed by atoms with van der Waals surface area (Å²) in [5, 5.41) is 3.24. The van der Waals surface area contributed by atoms with Gasteiger partial charge in [-0.2, -0.15) is 0 Å². The van der Waals surface area contributed by atoms with Crippen LogP contribution in [0.25, 0.3) is 0 Å². The van der Waals surface area contributed by atoms with Gasteiger partial charge in [0.1, 0.15) is 0 Å². The fraction of sp³-hybridized carbons (Fsp3) is 0.227. The van der Waals surface area contributed by atoms with Gasteiger partial charge in [-0.3, -0.25) is 4.79 Å². The molecule has 0 aliphatic heterocycles. The number of hydrogen-bond acceptors (Lipinski definition) is 4. The number of fused-ring (bicyclic) bond motifs is 1. The standard InChI is InChI=1S/C22H21N3O/c1-14-8-10-16(11-9-14)17-12-19-21(20(26)13-17)15(2)23-22(25-19)24-18-6-4-3-5-7-18/h3-11,17H,12-13H2,1-2H3,(H,23,24,25). The summed E-state index contributed by atoms with van der Waals surface area (Å²) >= 11 is 0. The van der Waals surface area contributed by atoms with Crippen molar-refractivity contribution >= 4 is 17.4 Å². The summed E-state index contributed by atoms with van der Waals surface area (Å²) in [6.07, 6.45) is 1.28. The highest BCUT2D eigenvalue weighted by Gasteiger charge is 2.29. The van der Waals surface area contributed by atoms with Crippen molar-refractivity contribution in [1.82, 2.24) is 9.97 Å². The lowest BCUT2D eigenvalue weighted by molar-refractivity contribution is 0.0962. The molecule has 0 fully saturated rings. The van der Waals surface area contributed by atoms with Crippen LogP contribution in [0, 0.1) is 13.8 Å². The number of anilines is 2. The smallest absolute Gasteiger partial charge is 0.227 e. The van der Waals surface area contributed by atoms with E-state index in [0.29, 0.717) is 17.9 Å². The number of para-hydroxylation sites is 1. The Morgan fingerprint density at radius 3 is 2.38 bits per heavy atom. The topological polar surface area (TPSA) is 54.9 Å². The molecule has 1 unspecified atom stereocenters. The van der Waals surface area contributed by atoms with Crippen LogP contribution in [0.4, 0.5) is 11.6 Å². The Balaban J connectivity index is 1.67. The van der Waals surface area contributed by atoms with E-state index in [4.69, 9.17) is 0 Å². The molecule has 26 heavy (non-hydrogen) atoms. The number of ketones is 1. The molecule has 130 valence electrons. The molecule has 1 heterocycles. The second kappa shape index (κ2) is 6.71. The molecule has 1 aliphatic rings. The van der Waals surface area contributed by atoms with Gasteiger partial charge in [-0.15, -0.1) is 0 Å². The van der Waals surface area contributed by atoms with Gasteiger partial charge >= 0.3 is 0 Å². The Kier molecular flexibility index (Phi) is 4.25. The highest BCUT2D eigenvalue weighted by molar-refractivity contribution is 5.99. The van der Waals surface area contributed by atoms with Gasteiger partial charge in [0.15, 0.2) is 5.78 Å². The van der Waals surface area contributed by atoms with Crippen LogP contribution in [-0.4, -0.2) is 15.8 Å². The van der Waals surface area contributed by atoms with E-state index in [1.165, 1.54) is 11.1 Å². The third-order valence-electron chi connectivity index (χ3n) is 4.89. The Labute approximate surface area is 153 Å². The van der Waals surface area contributed by atoms with Crippen LogP contribution >= 0.6 is 0 Å². The van der Waals surface area contributed by atoms with E-state index in [-0.39, 0.29) is 11.7 Å². The average Bonchev–Trinajstić information content (AvgIpc) is 2.62. The molecule has 3 aromatic rings. The zero-order valence-electron chi connectivity index (χ0n) is 15.0. The first-order valence-corrected chi connectivity index (χ1v) is 8.89. The van der Waals surface area contributed by atoms with E-state index >= 15 is 0 Å². The van der Waals surface area contributed by atoms with E-state index in [2.05, 4.69) is 46.5 Å². The number of aryl methyl sites for hydroxylation is 2. The van der Waals surface area contributed by atoms with Crippen molar-refractivity contribution in [2.24, 2.45) is 0 Å². The van der Waals surface area contributed by atoms with E-state index in [9.17, 15) is 4.79 Å². The Hall–Kier alpha value is -3.01. The molecule has 4 rings (SSSR count). The lowest BCUT2D eigenvalue weighted by Crippen LogP contribution is -2.22. The first kappa shape index (κ1) is 16.5. The van der Waals surface area contributed by atoms with Crippen LogP contribution in [-0.2, 0) is 6.42 Å². The van der Waals surface area contributed by atoms with Crippen LogP contribution in [0.3, 0.4) is 0 Å². The molecule has 2 aromatic carbocycles. The number of nitrogens with one attached hydrogen (secondary N) is 1. The maximum atomic E-state index is 12.7. The van der Waals surface area contributed by atoms with Crippen molar-refractivity contribution in [2.75, 3.05) is 5.32 Å². The third kappa shape index (κ3) is 3.23. The number of Topliss-reactive ketones (excluding diaryl/α,β-unsaturated/α-hetero) is 1. The SMILES string of the molecule is Cc1ccc(C2CC(=O)c3c(C)nc(Nc4ccccc4)nc3C2)cc1. The van der Waals surface area contributed by atoms with Gasteiger partial charge in [-0.05, 0) is 43.9 Å². The second-order valence-corrected chi connectivity index (χ2v) is 6.88. The quantitative estimate of drug-likeness (QED) is 0.745. The van der Waals surface area contributed by atoms with Crippen LogP contribution < -0.4 is 5.32 Å². The number of carbonyl (C=O) groups is 1. The number of carbonyl (C=O) groups excluding carboxylic acids is 1. The molecule has 4 nitrogen and oxygen atoms in total. The highest BCUT2D eigenvalue weighted by Crippen LogP contribution is 2.33. The summed E-state index contributed by atoms with van der Waals surface area (Å²) in [5.74, 6) is 0.861. The molecule has 4 heteroatoms. The van der Waals surface area contributed by atoms with E-state index in [0.717, 1.165) is 23.5 Å². The lowest BCUT2D eigenvalue weighted by atomic mass is 9.81.